The van der Waals surface area contributed by atoms with Gasteiger partial charge in [0.05, 0.1) is 22.5 Å². The van der Waals surface area contributed by atoms with Crippen LogP contribution in [0.1, 0.15) is 60.5 Å². The van der Waals surface area contributed by atoms with Crippen LogP contribution in [0.2, 0.25) is 10.0 Å². The average Bonchev–Trinajstić information content (AvgIpc) is 2.88. The Morgan fingerprint density at radius 1 is 1.29 bits per heavy atom. The molecule has 6 heteroatoms. The second-order valence-corrected chi connectivity index (χ2v) is 7.25. The van der Waals surface area contributed by atoms with Crippen molar-refractivity contribution in [1.29, 1.82) is 0 Å². The van der Waals surface area contributed by atoms with Crippen molar-refractivity contribution in [3.8, 4) is 0 Å². The number of ether oxygens (including phenoxy) is 1. The maximum absolute atomic E-state index is 12.9. The molecule has 0 spiro atoms. The van der Waals surface area contributed by atoms with Crippen molar-refractivity contribution in [1.82, 2.24) is 4.57 Å². The number of rotatable bonds is 2. The van der Waals surface area contributed by atoms with E-state index in [1.807, 2.05) is 4.57 Å². The molecule has 4 rings (SSSR count). The van der Waals surface area contributed by atoms with Gasteiger partial charge in [0.25, 0.3) is 0 Å². The number of carbonyl (C=O) groups excluding carboxylic acids is 1. The lowest BCUT2D eigenvalue weighted by molar-refractivity contribution is 0.0524. The lowest BCUT2D eigenvalue weighted by Crippen LogP contribution is -2.22. The molecule has 0 radical (unpaired) electrons. The molecular formula is C18H17Cl2NO3. The van der Waals surface area contributed by atoms with Crippen molar-refractivity contribution in [2.75, 3.05) is 6.61 Å². The number of hydrogen-bond donors (Lipinski definition) is 0. The molecule has 0 bridgehead atoms. The van der Waals surface area contributed by atoms with E-state index >= 15 is 0 Å². The van der Waals surface area contributed by atoms with Crippen molar-refractivity contribution in [3.63, 3.8) is 0 Å². The highest BCUT2D eigenvalue weighted by Gasteiger charge is 2.39. The number of hydrogen-bond acceptors (Lipinski definition) is 3. The highest BCUT2D eigenvalue weighted by molar-refractivity contribution is 6.39. The maximum Gasteiger partial charge on any atom is 0.343 e. The minimum atomic E-state index is -0.597. The highest BCUT2D eigenvalue weighted by Crippen LogP contribution is 2.52. The summed E-state index contributed by atoms with van der Waals surface area (Å²) in [5.74, 6) is -0.317. The van der Waals surface area contributed by atoms with Gasteiger partial charge in [-0.1, -0.05) is 36.0 Å². The average molecular weight is 366 g/mol. The van der Waals surface area contributed by atoms with Crippen LogP contribution < -0.4 is 5.43 Å². The first-order valence-electron chi connectivity index (χ1n) is 8.28. The van der Waals surface area contributed by atoms with Crippen LogP contribution in [0.15, 0.2) is 17.1 Å². The molecule has 126 valence electrons. The summed E-state index contributed by atoms with van der Waals surface area (Å²) in [6.07, 6.45) is 5.96. The monoisotopic (exact) mass is 365 g/mol. The van der Waals surface area contributed by atoms with E-state index in [-0.39, 0.29) is 29.6 Å². The van der Waals surface area contributed by atoms with Crippen LogP contribution in [0.25, 0.3) is 10.9 Å². The van der Waals surface area contributed by atoms with Gasteiger partial charge in [-0.05, 0) is 25.8 Å². The Bertz CT molecular complexity index is 919. The van der Waals surface area contributed by atoms with E-state index in [9.17, 15) is 9.59 Å². The van der Waals surface area contributed by atoms with Crippen molar-refractivity contribution < 1.29 is 9.53 Å². The molecule has 24 heavy (non-hydrogen) atoms. The molecule has 1 fully saturated rings. The summed E-state index contributed by atoms with van der Waals surface area (Å²) in [6, 6.07) is 1.86. The van der Waals surface area contributed by atoms with E-state index in [0.717, 1.165) is 36.8 Å². The lowest BCUT2D eigenvalue weighted by Gasteiger charge is -2.27. The van der Waals surface area contributed by atoms with E-state index in [1.165, 1.54) is 0 Å². The van der Waals surface area contributed by atoms with Gasteiger partial charge in [-0.2, -0.15) is 0 Å². The van der Waals surface area contributed by atoms with Gasteiger partial charge in [0.15, 0.2) is 0 Å². The smallest absolute Gasteiger partial charge is 0.343 e. The van der Waals surface area contributed by atoms with E-state index in [1.54, 1.807) is 19.2 Å². The second-order valence-electron chi connectivity index (χ2n) is 6.44. The number of fused-ring (bicyclic) bond motifs is 3. The van der Waals surface area contributed by atoms with Crippen molar-refractivity contribution in [2.45, 2.75) is 44.6 Å². The van der Waals surface area contributed by atoms with Gasteiger partial charge in [0.1, 0.15) is 5.56 Å². The molecule has 2 unspecified atom stereocenters. The molecule has 1 aliphatic carbocycles. The van der Waals surface area contributed by atoms with Gasteiger partial charge in [0.2, 0.25) is 5.43 Å². The molecule has 1 aromatic heterocycles. The first-order chi connectivity index (χ1) is 11.5. The first-order valence-corrected chi connectivity index (χ1v) is 9.04. The van der Waals surface area contributed by atoms with Gasteiger partial charge in [-0.15, -0.1) is 0 Å². The third-order valence-electron chi connectivity index (χ3n) is 5.19. The van der Waals surface area contributed by atoms with Crippen LogP contribution in [0.4, 0.5) is 0 Å². The third-order valence-corrected chi connectivity index (χ3v) is 5.80. The molecule has 0 amide bonds. The zero-order valence-electron chi connectivity index (χ0n) is 13.3. The Morgan fingerprint density at radius 2 is 2.04 bits per heavy atom. The molecular weight excluding hydrogens is 349 g/mol. The van der Waals surface area contributed by atoms with Crippen LogP contribution in [0.3, 0.4) is 0 Å². The molecule has 1 aliphatic heterocycles. The fraction of sp³-hybridized carbons (Fsp3) is 0.444. The Labute approximate surface area is 149 Å². The van der Waals surface area contributed by atoms with Crippen molar-refractivity contribution in [3.05, 3.63) is 43.7 Å². The van der Waals surface area contributed by atoms with Crippen molar-refractivity contribution >= 4 is 40.1 Å². The summed E-state index contributed by atoms with van der Waals surface area (Å²) < 4.78 is 7.09. The van der Waals surface area contributed by atoms with Gasteiger partial charge in [-0.3, -0.25) is 4.79 Å². The van der Waals surface area contributed by atoms with Crippen LogP contribution in [0, 0.1) is 0 Å². The molecule has 2 aromatic rings. The summed E-state index contributed by atoms with van der Waals surface area (Å²) in [5, 5.41) is 1.29. The Morgan fingerprint density at radius 3 is 2.79 bits per heavy atom. The summed E-state index contributed by atoms with van der Waals surface area (Å²) in [6.45, 7) is 1.94. The lowest BCUT2D eigenvalue weighted by atomic mass is 9.82. The number of carbonyl (C=O) groups is 1. The van der Waals surface area contributed by atoms with Crippen LogP contribution >= 0.6 is 23.2 Å². The summed E-state index contributed by atoms with van der Waals surface area (Å²) in [7, 11) is 0. The first kappa shape index (κ1) is 16.0. The van der Waals surface area contributed by atoms with Gasteiger partial charge in [0, 0.05) is 28.7 Å². The van der Waals surface area contributed by atoms with Gasteiger partial charge in [-0.25, -0.2) is 4.79 Å². The SMILES string of the molecule is CCOC(=O)c1cn2c3c(c(Cl)cc(Cl)c3c1=O)C1CCCCC12. The topological polar surface area (TPSA) is 48.3 Å². The minimum absolute atomic E-state index is 0.0470. The number of nitrogens with zero attached hydrogens (tertiary/aromatic N) is 1. The van der Waals surface area contributed by atoms with Gasteiger partial charge >= 0.3 is 5.97 Å². The molecule has 4 nitrogen and oxygen atoms in total. The molecule has 0 saturated heterocycles. The predicted molar refractivity (Wildman–Crippen MR) is 94.4 cm³/mol. The van der Waals surface area contributed by atoms with E-state index < -0.39 is 5.97 Å². The number of pyridine rings is 1. The maximum atomic E-state index is 12.9. The van der Waals surface area contributed by atoms with Crippen LogP contribution in [-0.2, 0) is 4.74 Å². The normalized spacial score (nSPS) is 21.8. The zero-order valence-corrected chi connectivity index (χ0v) is 14.8. The van der Waals surface area contributed by atoms with Gasteiger partial charge < -0.3 is 9.30 Å². The standard InChI is InChI=1S/C18H17Cl2NO3/c1-2-24-18(23)10-8-21-13-6-4-3-5-9(13)14-11(19)7-12(20)15(16(14)21)17(10)22/h7-9,13H,2-6H2,1H3. The summed E-state index contributed by atoms with van der Waals surface area (Å²) in [4.78, 5) is 25.1. The quantitative estimate of drug-likeness (QED) is 0.724. The van der Waals surface area contributed by atoms with E-state index in [4.69, 9.17) is 27.9 Å². The highest BCUT2D eigenvalue weighted by atomic mass is 35.5. The Hall–Kier alpha value is -1.52. The molecule has 0 N–H and O–H groups in total. The molecule has 1 aromatic carbocycles. The Balaban J connectivity index is 2.08. The van der Waals surface area contributed by atoms with Crippen LogP contribution in [0.5, 0.6) is 0 Å². The fourth-order valence-corrected chi connectivity index (χ4v) is 4.93. The predicted octanol–water partition coefficient (Wildman–Crippen LogP) is 4.70. The van der Waals surface area contributed by atoms with E-state index in [0.29, 0.717) is 15.4 Å². The summed E-state index contributed by atoms with van der Waals surface area (Å²) >= 11 is 12.8. The number of esters is 1. The molecule has 2 heterocycles. The van der Waals surface area contributed by atoms with Crippen molar-refractivity contribution in [2.24, 2.45) is 0 Å². The van der Waals surface area contributed by atoms with Crippen LogP contribution in [-0.4, -0.2) is 17.1 Å². The summed E-state index contributed by atoms with van der Waals surface area (Å²) in [5.41, 5.74) is 1.47. The number of halogens is 2. The number of benzene rings is 1. The number of aromatic nitrogens is 1. The largest absolute Gasteiger partial charge is 0.462 e. The van der Waals surface area contributed by atoms with E-state index in [2.05, 4.69) is 0 Å². The molecule has 1 saturated carbocycles. The fourth-order valence-electron chi connectivity index (χ4n) is 4.25. The second kappa shape index (κ2) is 5.78. The molecule has 2 atom stereocenters. The Kier molecular flexibility index (Phi) is 3.85. The third kappa shape index (κ3) is 2.12. The zero-order chi connectivity index (χ0) is 17.0. The minimum Gasteiger partial charge on any atom is -0.462 e. The molecule has 2 aliphatic rings.